The van der Waals surface area contributed by atoms with E-state index in [-0.39, 0.29) is 0 Å². The minimum Gasteiger partial charge on any atom is -0.481 e. The summed E-state index contributed by atoms with van der Waals surface area (Å²) in [7, 11) is 1.63. The van der Waals surface area contributed by atoms with Crippen molar-refractivity contribution in [3.63, 3.8) is 0 Å². The van der Waals surface area contributed by atoms with Crippen LogP contribution in [-0.4, -0.2) is 65.9 Å². The van der Waals surface area contributed by atoms with Crippen LogP contribution in [0.1, 0.15) is 19.3 Å². The Balaban J connectivity index is 2.45. The lowest BCUT2D eigenvalue weighted by Gasteiger charge is -2.32. The Labute approximate surface area is 116 Å². The lowest BCUT2D eigenvalue weighted by atomic mass is 9.98. The van der Waals surface area contributed by atoms with Crippen LogP contribution >= 0.6 is 0 Å². The zero-order chi connectivity index (χ0) is 15.1. The van der Waals surface area contributed by atoms with E-state index in [0.717, 1.165) is 12.8 Å². The second-order valence-corrected chi connectivity index (χ2v) is 4.82. The molecule has 1 fully saturated rings. The summed E-state index contributed by atoms with van der Waals surface area (Å²) in [5.74, 6) is -2.22. The van der Waals surface area contributed by atoms with Crippen molar-refractivity contribution >= 4 is 18.0 Å². The van der Waals surface area contributed by atoms with Crippen molar-refractivity contribution in [2.45, 2.75) is 25.3 Å². The topological polar surface area (TPSA) is 116 Å². The molecule has 0 radical (unpaired) electrons. The number of urea groups is 1. The molecule has 20 heavy (non-hydrogen) atoms. The molecule has 114 valence electrons. The summed E-state index contributed by atoms with van der Waals surface area (Å²) in [4.78, 5) is 34.8. The SMILES string of the molecule is COCC1CCN(C(=O)N[C@@H](CC(=O)O)C(=O)O)CC1. The summed E-state index contributed by atoms with van der Waals surface area (Å²) in [6.45, 7) is 1.67. The molecular weight excluding hydrogens is 268 g/mol. The molecule has 1 rings (SSSR count). The van der Waals surface area contributed by atoms with E-state index in [2.05, 4.69) is 5.32 Å². The van der Waals surface area contributed by atoms with E-state index < -0.39 is 30.4 Å². The van der Waals surface area contributed by atoms with E-state index >= 15 is 0 Å². The van der Waals surface area contributed by atoms with Gasteiger partial charge in [-0.25, -0.2) is 9.59 Å². The highest BCUT2D eigenvalue weighted by atomic mass is 16.5. The van der Waals surface area contributed by atoms with Gasteiger partial charge in [0.05, 0.1) is 6.42 Å². The van der Waals surface area contributed by atoms with Crippen molar-refractivity contribution in [1.29, 1.82) is 0 Å². The van der Waals surface area contributed by atoms with Gasteiger partial charge in [0.15, 0.2) is 0 Å². The fraction of sp³-hybridized carbons (Fsp3) is 0.750. The predicted molar refractivity (Wildman–Crippen MR) is 68.4 cm³/mol. The van der Waals surface area contributed by atoms with E-state index in [9.17, 15) is 14.4 Å². The van der Waals surface area contributed by atoms with Crippen molar-refractivity contribution in [2.75, 3.05) is 26.8 Å². The van der Waals surface area contributed by atoms with Crippen LogP contribution in [-0.2, 0) is 14.3 Å². The highest BCUT2D eigenvalue weighted by Gasteiger charge is 2.28. The third-order valence-electron chi connectivity index (χ3n) is 3.28. The number of rotatable bonds is 6. The molecule has 0 saturated carbocycles. The van der Waals surface area contributed by atoms with Crippen LogP contribution in [0, 0.1) is 5.92 Å². The van der Waals surface area contributed by atoms with Crippen LogP contribution in [0.3, 0.4) is 0 Å². The second-order valence-electron chi connectivity index (χ2n) is 4.82. The van der Waals surface area contributed by atoms with Crippen molar-refractivity contribution in [3.05, 3.63) is 0 Å². The maximum absolute atomic E-state index is 11.9. The molecule has 8 heteroatoms. The molecule has 0 spiro atoms. The van der Waals surface area contributed by atoms with Crippen LogP contribution < -0.4 is 5.32 Å². The van der Waals surface area contributed by atoms with Gasteiger partial charge in [0.2, 0.25) is 0 Å². The molecule has 8 nitrogen and oxygen atoms in total. The highest BCUT2D eigenvalue weighted by molar-refractivity contribution is 5.86. The number of carbonyl (C=O) groups excluding carboxylic acids is 1. The summed E-state index contributed by atoms with van der Waals surface area (Å²) < 4.78 is 5.05. The van der Waals surface area contributed by atoms with Gasteiger partial charge in [0.25, 0.3) is 0 Å². The third-order valence-corrected chi connectivity index (χ3v) is 3.28. The first-order chi connectivity index (χ1) is 9.43. The Morgan fingerprint density at radius 1 is 1.30 bits per heavy atom. The number of methoxy groups -OCH3 is 1. The number of hydrogen-bond acceptors (Lipinski definition) is 4. The number of hydrogen-bond donors (Lipinski definition) is 3. The number of nitrogens with zero attached hydrogens (tertiary/aromatic N) is 1. The van der Waals surface area contributed by atoms with Crippen molar-refractivity contribution < 1.29 is 29.3 Å². The van der Waals surface area contributed by atoms with E-state index in [1.54, 1.807) is 7.11 Å². The standard InChI is InChI=1S/C12H20N2O6/c1-20-7-8-2-4-14(5-3-8)12(19)13-9(11(17)18)6-10(15)16/h8-9H,2-7H2,1H3,(H,13,19)(H,15,16)(H,17,18)/t9-/m0/s1. The van der Waals surface area contributed by atoms with Gasteiger partial charge in [0, 0.05) is 26.8 Å². The first-order valence-electron chi connectivity index (χ1n) is 6.43. The van der Waals surface area contributed by atoms with Gasteiger partial charge < -0.3 is 25.2 Å². The van der Waals surface area contributed by atoms with Gasteiger partial charge in [0.1, 0.15) is 6.04 Å². The highest BCUT2D eigenvalue weighted by Crippen LogP contribution is 2.17. The fourth-order valence-electron chi connectivity index (χ4n) is 2.15. The Morgan fingerprint density at radius 2 is 1.90 bits per heavy atom. The molecule has 0 aromatic carbocycles. The normalized spacial score (nSPS) is 17.6. The Hall–Kier alpha value is -1.83. The maximum Gasteiger partial charge on any atom is 0.326 e. The van der Waals surface area contributed by atoms with Crippen LogP contribution in [0.15, 0.2) is 0 Å². The second kappa shape index (κ2) is 7.68. The Bertz CT molecular complexity index is 365. The molecular formula is C12H20N2O6. The maximum atomic E-state index is 11.9. The largest absolute Gasteiger partial charge is 0.481 e. The zero-order valence-corrected chi connectivity index (χ0v) is 11.4. The van der Waals surface area contributed by atoms with Gasteiger partial charge in [-0.1, -0.05) is 0 Å². The van der Waals surface area contributed by atoms with Crippen LogP contribution in [0.4, 0.5) is 4.79 Å². The summed E-state index contributed by atoms with van der Waals surface area (Å²) in [6, 6.07) is -1.94. The molecule has 0 unspecified atom stereocenters. The quantitative estimate of drug-likeness (QED) is 0.632. The lowest BCUT2D eigenvalue weighted by Crippen LogP contribution is -2.51. The molecule has 2 amide bonds. The predicted octanol–water partition coefficient (Wildman–Crippen LogP) is -0.0177. The number of carboxylic acids is 2. The van der Waals surface area contributed by atoms with Gasteiger partial charge in [-0.05, 0) is 18.8 Å². The minimum atomic E-state index is -1.41. The van der Waals surface area contributed by atoms with E-state index in [1.807, 2.05) is 0 Å². The molecule has 1 heterocycles. The van der Waals surface area contributed by atoms with Crippen molar-refractivity contribution in [2.24, 2.45) is 5.92 Å². The summed E-state index contributed by atoms with van der Waals surface area (Å²) in [6.07, 6.45) is 0.942. The van der Waals surface area contributed by atoms with Crippen molar-refractivity contribution in [3.8, 4) is 0 Å². The van der Waals surface area contributed by atoms with E-state index in [4.69, 9.17) is 14.9 Å². The number of carbonyl (C=O) groups is 3. The molecule has 3 N–H and O–H groups in total. The molecule has 1 saturated heterocycles. The number of ether oxygens (including phenoxy) is 1. The van der Waals surface area contributed by atoms with Crippen LogP contribution in [0.2, 0.25) is 0 Å². The van der Waals surface area contributed by atoms with Gasteiger partial charge in [-0.2, -0.15) is 0 Å². The van der Waals surface area contributed by atoms with E-state index in [0.29, 0.717) is 25.6 Å². The minimum absolute atomic E-state index is 0.401. The average molecular weight is 288 g/mol. The van der Waals surface area contributed by atoms with Gasteiger partial charge in [-0.15, -0.1) is 0 Å². The molecule has 1 aliphatic heterocycles. The number of piperidine rings is 1. The molecule has 0 aliphatic carbocycles. The van der Waals surface area contributed by atoms with Crippen LogP contribution in [0.25, 0.3) is 0 Å². The first-order valence-corrected chi connectivity index (χ1v) is 6.43. The summed E-state index contributed by atoms with van der Waals surface area (Å²) in [5, 5.41) is 19.7. The number of carboxylic acid groups (broad SMARTS) is 2. The molecule has 0 bridgehead atoms. The monoisotopic (exact) mass is 288 g/mol. The average Bonchev–Trinajstić information content (AvgIpc) is 2.38. The number of likely N-dealkylation sites (tertiary alicyclic amines) is 1. The van der Waals surface area contributed by atoms with Crippen molar-refractivity contribution in [1.82, 2.24) is 10.2 Å². The Kier molecular flexibility index (Phi) is 6.23. The lowest BCUT2D eigenvalue weighted by molar-refractivity contribution is -0.145. The van der Waals surface area contributed by atoms with Crippen LogP contribution in [0.5, 0.6) is 0 Å². The molecule has 0 aromatic rings. The number of nitrogens with one attached hydrogen (secondary N) is 1. The first kappa shape index (κ1) is 16.2. The molecule has 1 atom stereocenters. The fourth-order valence-corrected chi connectivity index (χ4v) is 2.15. The van der Waals surface area contributed by atoms with Gasteiger partial charge in [-0.3, -0.25) is 4.79 Å². The van der Waals surface area contributed by atoms with E-state index in [1.165, 1.54) is 4.90 Å². The summed E-state index contributed by atoms with van der Waals surface area (Å²) >= 11 is 0. The number of amides is 2. The third kappa shape index (κ3) is 5.04. The number of aliphatic carboxylic acids is 2. The summed E-state index contributed by atoms with van der Waals surface area (Å²) in [5.41, 5.74) is 0. The molecule has 0 aromatic heterocycles. The molecule has 1 aliphatic rings. The van der Waals surface area contributed by atoms with Gasteiger partial charge >= 0.3 is 18.0 Å². The smallest absolute Gasteiger partial charge is 0.326 e. The zero-order valence-electron chi connectivity index (χ0n) is 11.4. The Morgan fingerprint density at radius 3 is 2.35 bits per heavy atom.